The number of hydrogen-bond acceptors (Lipinski definition) is 4. The molecule has 0 radical (unpaired) electrons. The predicted molar refractivity (Wildman–Crippen MR) is 81.8 cm³/mol. The van der Waals surface area contributed by atoms with Crippen molar-refractivity contribution in [2.24, 2.45) is 5.73 Å². The van der Waals surface area contributed by atoms with Gasteiger partial charge in [0.15, 0.2) is 5.16 Å². The second-order valence-corrected chi connectivity index (χ2v) is 5.89. The number of aryl methyl sites for hydroxylation is 1. The topological polar surface area (TPSA) is 67.6 Å². The fourth-order valence-corrected chi connectivity index (χ4v) is 2.82. The van der Waals surface area contributed by atoms with Gasteiger partial charge >= 0.3 is 0 Å². The lowest BCUT2D eigenvalue weighted by Crippen LogP contribution is -2.04. The molecule has 3 rings (SSSR count). The molecule has 0 spiro atoms. The summed E-state index contributed by atoms with van der Waals surface area (Å²) in [5, 5.41) is 1.75. The van der Waals surface area contributed by atoms with Gasteiger partial charge in [-0.05, 0) is 61.0 Å². The first-order valence-electron chi connectivity index (χ1n) is 6.47. The van der Waals surface area contributed by atoms with Crippen molar-refractivity contribution in [1.82, 2.24) is 15.0 Å². The van der Waals surface area contributed by atoms with Crippen LogP contribution in [0.15, 0.2) is 46.7 Å². The summed E-state index contributed by atoms with van der Waals surface area (Å²) in [6.07, 6.45) is 1.79. The fourth-order valence-electron chi connectivity index (χ4n) is 2.01. The molecule has 2 aromatic heterocycles. The Kier molecular flexibility index (Phi) is 3.46. The number of aromatic amines is 1. The summed E-state index contributed by atoms with van der Waals surface area (Å²) in [6.45, 7) is 4.04. The van der Waals surface area contributed by atoms with Crippen molar-refractivity contribution in [2.75, 3.05) is 0 Å². The molecule has 0 amide bonds. The van der Waals surface area contributed by atoms with E-state index in [1.807, 2.05) is 25.1 Å². The van der Waals surface area contributed by atoms with Gasteiger partial charge in [-0.1, -0.05) is 6.07 Å². The van der Waals surface area contributed by atoms with Crippen LogP contribution < -0.4 is 5.73 Å². The summed E-state index contributed by atoms with van der Waals surface area (Å²) < 4.78 is 0. The van der Waals surface area contributed by atoms with Gasteiger partial charge < -0.3 is 10.7 Å². The van der Waals surface area contributed by atoms with Crippen LogP contribution in [0.4, 0.5) is 0 Å². The lowest BCUT2D eigenvalue weighted by atomic mass is 10.1. The molecule has 5 heteroatoms. The average molecular weight is 284 g/mol. The third-order valence-corrected chi connectivity index (χ3v) is 3.92. The van der Waals surface area contributed by atoms with Crippen molar-refractivity contribution < 1.29 is 0 Å². The Bertz CT molecular complexity index is 748. The Morgan fingerprint density at radius 2 is 2.10 bits per heavy atom. The average Bonchev–Trinajstić information content (AvgIpc) is 2.80. The third-order valence-electron chi connectivity index (χ3n) is 3.10. The first kappa shape index (κ1) is 13.1. The second kappa shape index (κ2) is 5.26. The standard InChI is InChI=1S/C15H16N4S/c1-9-3-4-12-13(7-9)19-15(18-12)20-14-8-11(10(2)16)5-6-17-14/h3-8,10H,16H2,1-2H3,(H,18,19)/t10-/m1/s1. The number of nitrogens with two attached hydrogens (primary N) is 1. The Labute approximate surface area is 121 Å². The molecule has 2 heterocycles. The van der Waals surface area contributed by atoms with Crippen LogP contribution in [-0.4, -0.2) is 15.0 Å². The smallest absolute Gasteiger partial charge is 0.172 e. The maximum Gasteiger partial charge on any atom is 0.172 e. The van der Waals surface area contributed by atoms with Crippen LogP contribution in [0.5, 0.6) is 0 Å². The van der Waals surface area contributed by atoms with Crippen molar-refractivity contribution in [3.63, 3.8) is 0 Å². The van der Waals surface area contributed by atoms with Crippen molar-refractivity contribution in [3.05, 3.63) is 47.7 Å². The van der Waals surface area contributed by atoms with Crippen LogP contribution in [-0.2, 0) is 0 Å². The number of benzene rings is 1. The summed E-state index contributed by atoms with van der Waals surface area (Å²) in [4.78, 5) is 12.2. The van der Waals surface area contributed by atoms with Crippen LogP contribution in [0.1, 0.15) is 24.1 Å². The normalized spacial score (nSPS) is 12.8. The van der Waals surface area contributed by atoms with Gasteiger partial charge in [0, 0.05) is 12.2 Å². The third kappa shape index (κ3) is 2.69. The zero-order chi connectivity index (χ0) is 14.1. The fraction of sp³-hybridized carbons (Fsp3) is 0.200. The van der Waals surface area contributed by atoms with E-state index in [9.17, 15) is 0 Å². The Morgan fingerprint density at radius 3 is 2.90 bits per heavy atom. The summed E-state index contributed by atoms with van der Waals surface area (Å²) in [5.41, 5.74) is 10.2. The Morgan fingerprint density at radius 1 is 1.25 bits per heavy atom. The molecule has 3 N–H and O–H groups in total. The Hall–Kier alpha value is -1.85. The highest BCUT2D eigenvalue weighted by Crippen LogP contribution is 2.27. The number of aromatic nitrogens is 3. The van der Waals surface area contributed by atoms with Crippen LogP contribution in [0, 0.1) is 6.92 Å². The highest BCUT2D eigenvalue weighted by Gasteiger charge is 2.07. The molecule has 4 nitrogen and oxygen atoms in total. The first-order valence-corrected chi connectivity index (χ1v) is 7.29. The molecular weight excluding hydrogens is 268 g/mol. The summed E-state index contributed by atoms with van der Waals surface area (Å²) in [7, 11) is 0. The number of pyridine rings is 1. The molecule has 0 unspecified atom stereocenters. The number of H-pyrrole nitrogens is 1. The van der Waals surface area contributed by atoms with Gasteiger partial charge in [-0.2, -0.15) is 0 Å². The molecule has 0 saturated carbocycles. The van der Waals surface area contributed by atoms with Crippen LogP contribution >= 0.6 is 11.8 Å². The zero-order valence-corrected chi connectivity index (χ0v) is 12.2. The van der Waals surface area contributed by atoms with Crippen LogP contribution in [0.25, 0.3) is 11.0 Å². The first-order chi connectivity index (χ1) is 9.61. The van der Waals surface area contributed by atoms with Crippen molar-refractivity contribution in [3.8, 4) is 0 Å². The number of rotatable bonds is 3. The van der Waals surface area contributed by atoms with Gasteiger partial charge in [-0.25, -0.2) is 9.97 Å². The summed E-state index contributed by atoms with van der Waals surface area (Å²) in [5.74, 6) is 0. The maximum absolute atomic E-state index is 5.89. The molecule has 0 saturated heterocycles. The van der Waals surface area contributed by atoms with E-state index in [1.54, 1.807) is 6.20 Å². The second-order valence-electron chi connectivity index (χ2n) is 4.88. The molecule has 3 aromatic rings. The van der Waals surface area contributed by atoms with Crippen LogP contribution in [0.2, 0.25) is 0 Å². The molecule has 0 bridgehead atoms. The number of nitrogens with one attached hydrogen (secondary N) is 1. The number of imidazole rings is 1. The number of fused-ring (bicyclic) bond motifs is 1. The molecule has 1 aromatic carbocycles. The summed E-state index contributed by atoms with van der Waals surface area (Å²) >= 11 is 1.52. The largest absolute Gasteiger partial charge is 0.333 e. The quantitative estimate of drug-likeness (QED) is 0.773. The van der Waals surface area contributed by atoms with Gasteiger partial charge in [-0.3, -0.25) is 0 Å². The molecule has 0 fully saturated rings. The minimum atomic E-state index is 0.00988. The van der Waals surface area contributed by atoms with Gasteiger partial charge in [-0.15, -0.1) is 0 Å². The lowest BCUT2D eigenvalue weighted by molar-refractivity contribution is 0.808. The zero-order valence-electron chi connectivity index (χ0n) is 11.4. The van der Waals surface area contributed by atoms with Crippen molar-refractivity contribution in [1.29, 1.82) is 0 Å². The van der Waals surface area contributed by atoms with Crippen LogP contribution in [0.3, 0.4) is 0 Å². The highest BCUT2D eigenvalue weighted by molar-refractivity contribution is 7.99. The summed E-state index contributed by atoms with van der Waals surface area (Å²) in [6, 6.07) is 10.1. The van der Waals surface area contributed by atoms with E-state index in [0.29, 0.717) is 0 Å². The molecule has 1 atom stereocenters. The number of hydrogen-bond donors (Lipinski definition) is 2. The molecule has 102 valence electrons. The van der Waals surface area contributed by atoms with E-state index >= 15 is 0 Å². The van der Waals surface area contributed by atoms with E-state index in [2.05, 4.69) is 34.0 Å². The SMILES string of the molecule is Cc1ccc2nc(Sc3cc([C@@H](C)N)ccn3)[nH]c2c1. The highest BCUT2D eigenvalue weighted by atomic mass is 32.2. The lowest BCUT2D eigenvalue weighted by Gasteiger charge is -2.05. The van der Waals surface area contributed by atoms with E-state index < -0.39 is 0 Å². The van der Waals surface area contributed by atoms with E-state index in [-0.39, 0.29) is 6.04 Å². The van der Waals surface area contributed by atoms with E-state index in [1.165, 1.54) is 17.3 Å². The molecule has 20 heavy (non-hydrogen) atoms. The minimum Gasteiger partial charge on any atom is -0.333 e. The van der Waals surface area contributed by atoms with Gasteiger partial charge in [0.25, 0.3) is 0 Å². The Balaban J connectivity index is 1.90. The molecular formula is C15H16N4S. The van der Waals surface area contributed by atoms with Crippen molar-refractivity contribution >= 4 is 22.8 Å². The minimum absolute atomic E-state index is 0.00988. The van der Waals surface area contributed by atoms with Gasteiger partial charge in [0.05, 0.1) is 11.0 Å². The number of nitrogens with zero attached hydrogens (tertiary/aromatic N) is 2. The molecule has 0 aliphatic carbocycles. The van der Waals surface area contributed by atoms with Gasteiger partial charge in [0.1, 0.15) is 5.03 Å². The maximum atomic E-state index is 5.89. The van der Waals surface area contributed by atoms with Gasteiger partial charge in [0.2, 0.25) is 0 Å². The van der Waals surface area contributed by atoms with Crippen molar-refractivity contribution in [2.45, 2.75) is 30.1 Å². The van der Waals surface area contributed by atoms with E-state index in [4.69, 9.17) is 5.73 Å². The monoisotopic (exact) mass is 284 g/mol. The predicted octanol–water partition coefficient (Wildman–Crippen LogP) is 3.44. The van der Waals surface area contributed by atoms with E-state index in [0.717, 1.165) is 26.8 Å². The molecule has 0 aliphatic heterocycles. The molecule has 0 aliphatic rings.